The van der Waals surface area contributed by atoms with Gasteiger partial charge in [0.05, 0.1) is 21.8 Å². The zero-order valence-corrected chi connectivity index (χ0v) is 22.2. The normalized spacial score (nSPS) is 16.0. The molecule has 1 aliphatic heterocycles. The minimum atomic E-state index is -2.98. The molecule has 0 spiro atoms. The van der Waals surface area contributed by atoms with Crippen LogP contribution in [0.5, 0.6) is 0 Å². The predicted molar refractivity (Wildman–Crippen MR) is 141 cm³/mol. The molecular weight excluding hydrogens is 468 g/mol. The maximum absolute atomic E-state index is 12.8. The molecule has 6 nitrogen and oxygen atoms in total. The van der Waals surface area contributed by atoms with Gasteiger partial charge in [-0.2, -0.15) is 0 Å². The van der Waals surface area contributed by atoms with E-state index in [2.05, 4.69) is 33.0 Å². The van der Waals surface area contributed by atoms with Crippen molar-refractivity contribution in [3.63, 3.8) is 0 Å². The highest BCUT2D eigenvalue weighted by atomic mass is 32.2. The number of aryl methyl sites for hydroxylation is 1. The van der Waals surface area contributed by atoms with Crippen LogP contribution in [-0.4, -0.2) is 36.4 Å². The molecule has 184 valence electrons. The molecular formula is C26H34N2O4S2. The first-order valence-electron chi connectivity index (χ1n) is 11.6. The van der Waals surface area contributed by atoms with Crippen molar-refractivity contribution >= 4 is 37.2 Å². The summed E-state index contributed by atoms with van der Waals surface area (Å²) in [6, 6.07) is 11.3. The molecule has 2 aromatic heterocycles. The average molecular weight is 503 g/mol. The van der Waals surface area contributed by atoms with Gasteiger partial charge in [0.15, 0.2) is 0 Å². The Kier molecular flexibility index (Phi) is 8.03. The second kappa shape index (κ2) is 10.4. The first-order chi connectivity index (χ1) is 15.9. The number of benzene rings is 1. The van der Waals surface area contributed by atoms with Crippen molar-refractivity contribution in [3.05, 3.63) is 57.8 Å². The van der Waals surface area contributed by atoms with Crippen molar-refractivity contribution in [2.24, 2.45) is 5.41 Å². The van der Waals surface area contributed by atoms with E-state index in [0.29, 0.717) is 35.1 Å². The van der Waals surface area contributed by atoms with Crippen LogP contribution in [0.3, 0.4) is 0 Å². The molecule has 0 aliphatic carbocycles. The van der Waals surface area contributed by atoms with E-state index < -0.39 is 9.84 Å². The maximum atomic E-state index is 12.8. The second-order valence-electron chi connectivity index (χ2n) is 10.3. The second-order valence-corrected chi connectivity index (χ2v) is 13.6. The van der Waals surface area contributed by atoms with Crippen LogP contribution >= 0.6 is 11.3 Å². The number of fused-ring (bicyclic) bond motifs is 1. The van der Waals surface area contributed by atoms with Gasteiger partial charge in [-0.1, -0.05) is 58.0 Å². The summed E-state index contributed by atoms with van der Waals surface area (Å²) >= 11 is 1.30. The largest absolute Gasteiger partial charge is 0.349 e. The zero-order chi connectivity index (χ0) is 25.1. The van der Waals surface area contributed by atoms with E-state index in [1.165, 1.54) is 11.3 Å². The van der Waals surface area contributed by atoms with Crippen LogP contribution in [0.2, 0.25) is 0 Å². The molecule has 0 atom stereocenters. The Morgan fingerprint density at radius 3 is 2.26 bits per heavy atom. The highest BCUT2D eigenvalue weighted by molar-refractivity contribution is 7.91. The summed E-state index contributed by atoms with van der Waals surface area (Å²) in [5.41, 5.74) is 2.31. The molecule has 0 unspecified atom stereocenters. The Labute approximate surface area is 205 Å². The number of aromatic nitrogens is 1. The molecule has 3 heterocycles. The van der Waals surface area contributed by atoms with Crippen molar-refractivity contribution in [1.82, 2.24) is 9.88 Å². The molecule has 0 saturated carbocycles. The van der Waals surface area contributed by atoms with Gasteiger partial charge >= 0.3 is 0 Å². The third-order valence-electron chi connectivity index (χ3n) is 5.29. The molecule has 1 fully saturated rings. The molecule has 1 saturated heterocycles. The monoisotopic (exact) mass is 502 g/mol. The highest BCUT2D eigenvalue weighted by Gasteiger charge is 2.26. The number of thiophene rings is 1. The fourth-order valence-corrected chi connectivity index (χ4v) is 6.22. The van der Waals surface area contributed by atoms with Gasteiger partial charge in [0.25, 0.3) is 11.5 Å². The SMILES string of the molecule is CC(C)(C)C.CCn1cc(-c2ccccc2)c2sc(C(=O)NC3CCS(=O)(=O)CC3)cc2c1=O. The molecule has 0 radical (unpaired) electrons. The topological polar surface area (TPSA) is 85.2 Å². The Hall–Kier alpha value is -2.45. The molecule has 1 N–H and O–H groups in total. The summed E-state index contributed by atoms with van der Waals surface area (Å²) < 4.78 is 25.6. The van der Waals surface area contributed by atoms with Gasteiger partial charge in [0, 0.05) is 29.0 Å². The van der Waals surface area contributed by atoms with Gasteiger partial charge < -0.3 is 9.88 Å². The van der Waals surface area contributed by atoms with Gasteiger partial charge in [-0.15, -0.1) is 11.3 Å². The fraction of sp³-hybridized carbons (Fsp3) is 0.462. The van der Waals surface area contributed by atoms with Crippen LogP contribution in [-0.2, 0) is 16.4 Å². The standard InChI is InChI=1S/C21H22N2O4S2.C5H12/c1-2-23-13-17(14-6-4-3-5-7-14)19-16(21(23)25)12-18(28-19)20(24)22-15-8-10-29(26,27)11-9-15;1-5(2,3)4/h3-7,12-13,15H,2,8-11H2,1H3,(H,22,24);1-4H3. The van der Waals surface area contributed by atoms with Crippen LogP contribution in [0.4, 0.5) is 0 Å². The fourth-order valence-electron chi connectivity index (χ4n) is 3.64. The van der Waals surface area contributed by atoms with E-state index in [-0.39, 0.29) is 29.0 Å². The number of carbonyl (C=O) groups excluding carboxylic acids is 1. The number of sulfone groups is 1. The quantitative estimate of drug-likeness (QED) is 0.537. The van der Waals surface area contributed by atoms with E-state index in [1.807, 2.05) is 43.5 Å². The van der Waals surface area contributed by atoms with Crippen molar-refractivity contribution < 1.29 is 13.2 Å². The van der Waals surface area contributed by atoms with E-state index in [0.717, 1.165) is 15.8 Å². The Morgan fingerprint density at radius 2 is 1.71 bits per heavy atom. The summed E-state index contributed by atoms with van der Waals surface area (Å²) in [7, 11) is -2.98. The van der Waals surface area contributed by atoms with Crippen LogP contribution in [0.1, 0.15) is 57.1 Å². The third-order valence-corrected chi connectivity index (χ3v) is 8.17. The lowest BCUT2D eigenvalue weighted by atomic mass is 10.0. The van der Waals surface area contributed by atoms with Crippen molar-refractivity contribution in [2.75, 3.05) is 11.5 Å². The van der Waals surface area contributed by atoms with Crippen LogP contribution in [0, 0.1) is 5.41 Å². The summed E-state index contributed by atoms with van der Waals surface area (Å²) in [6.07, 6.45) is 2.71. The van der Waals surface area contributed by atoms with Crippen LogP contribution < -0.4 is 10.9 Å². The Morgan fingerprint density at radius 1 is 1.12 bits per heavy atom. The smallest absolute Gasteiger partial charge is 0.261 e. The van der Waals surface area contributed by atoms with E-state index in [4.69, 9.17) is 0 Å². The lowest BCUT2D eigenvalue weighted by Gasteiger charge is -2.22. The first-order valence-corrected chi connectivity index (χ1v) is 14.3. The van der Waals surface area contributed by atoms with Gasteiger partial charge in [0.2, 0.25) is 0 Å². The molecule has 1 aromatic carbocycles. The minimum absolute atomic E-state index is 0.101. The molecule has 3 aromatic rings. The number of carbonyl (C=O) groups is 1. The lowest BCUT2D eigenvalue weighted by molar-refractivity contribution is 0.0938. The van der Waals surface area contributed by atoms with Gasteiger partial charge in [-0.25, -0.2) is 8.42 Å². The number of pyridine rings is 1. The molecule has 4 rings (SSSR count). The van der Waals surface area contributed by atoms with Crippen LogP contribution in [0.15, 0.2) is 47.4 Å². The van der Waals surface area contributed by atoms with Gasteiger partial charge in [-0.3, -0.25) is 9.59 Å². The number of hydrogen-bond acceptors (Lipinski definition) is 5. The third kappa shape index (κ3) is 6.79. The lowest BCUT2D eigenvalue weighted by Crippen LogP contribution is -2.40. The number of nitrogens with one attached hydrogen (secondary N) is 1. The van der Waals surface area contributed by atoms with E-state index in [1.54, 1.807) is 10.6 Å². The van der Waals surface area contributed by atoms with Crippen molar-refractivity contribution in [2.45, 2.75) is 60.0 Å². The van der Waals surface area contributed by atoms with E-state index >= 15 is 0 Å². The summed E-state index contributed by atoms with van der Waals surface area (Å²) in [5, 5.41) is 3.48. The maximum Gasteiger partial charge on any atom is 0.261 e. The van der Waals surface area contributed by atoms with Crippen molar-refractivity contribution in [3.8, 4) is 11.1 Å². The Balaban J connectivity index is 0.000000588. The molecule has 0 bridgehead atoms. The summed E-state index contributed by atoms with van der Waals surface area (Å²) in [6.45, 7) is 11.2. The summed E-state index contributed by atoms with van der Waals surface area (Å²) in [4.78, 5) is 26.1. The van der Waals surface area contributed by atoms with Crippen molar-refractivity contribution in [1.29, 1.82) is 0 Å². The average Bonchev–Trinajstić information content (AvgIpc) is 3.21. The van der Waals surface area contributed by atoms with Gasteiger partial charge in [0.1, 0.15) is 9.84 Å². The molecule has 34 heavy (non-hydrogen) atoms. The number of nitrogens with zero attached hydrogens (tertiary/aromatic N) is 1. The zero-order valence-electron chi connectivity index (χ0n) is 20.6. The number of hydrogen-bond donors (Lipinski definition) is 1. The number of amides is 1. The molecule has 8 heteroatoms. The number of rotatable bonds is 4. The van der Waals surface area contributed by atoms with E-state index in [9.17, 15) is 18.0 Å². The highest BCUT2D eigenvalue weighted by Crippen LogP contribution is 2.33. The first kappa shape index (κ1) is 26.2. The molecule has 1 amide bonds. The molecule has 1 aliphatic rings. The Bertz CT molecular complexity index is 1300. The predicted octanol–water partition coefficient (Wildman–Crippen LogP) is 5.11. The van der Waals surface area contributed by atoms with Gasteiger partial charge in [-0.05, 0) is 36.8 Å². The van der Waals surface area contributed by atoms with Crippen LogP contribution in [0.25, 0.3) is 21.2 Å². The minimum Gasteiger partial charge on any atom is -0.349 e. The summed E-state index contributed by atoms with van der Waals surface area (Å²) in [5.74, 6) is -0.0510.